The molecule has 8 nitrogen and oxygen atoms in total. The molecule has 1 N–H and O–H groups in total. The van der Waals surface area contributed by atoms with E-state index in [-0.39, 0.29) is 35.2 Å². The number of thioether (sulfide) groups is 1. The number of hydrogen-bond acceptors (Lipinski definition) is 8. The molecule has 0 radical (unpaired) electrons. The number of benzene rings is 2. The third kappa shape index (κ3) is 3.41. The number of nitrogens with one attached hydrogen (secondary N) is 1. The van der Waals surface area contributed by atoms with Gasteiger partial charge < -0.3 is 19.2 Å². The van der Waals surface area contributed by atoms with Gasteiger partial charge in [-0.25, -0.2) is 0 Å². The van der Waals surface area contributed by atoms with Crippen molar-refractivity contribution in [1.29, 1.82) is 0 Å². The molecule has 2 aromatic carbocycles. The molecule has 2 atom stereocenters. The van der Waals surface area contributed by atoms with Gasteiger partial charge in [0.15, 0.2) is 17.3 Å². The molecular formula is C21H17N3O5S. The Balaban J connectivity index is 1.23. The summed E-state index contributed by atoms with van der Waals surface area (Å²) in [5.74, 6) is 1.33. The topological polar surface area (TPSA) is 104 Å². The van der Waals surface area contributed by atoms with Gasteiger partial charge in [0.05, 0.1) is 11.7 Å². The molecule has 0 aliphatic carbocycles. The van der Waals surface area contributed by atoms with Crippen LogP contribution in [0.1, 0.15) is 40.8 Å². The highest BCUT2D eigenvalue weighted by atomic mass is 32.2. The van der Waals surface area contributed by atoms with E-state index < -0.39 is 6.10 Å². The van der Waals surface area contributed by atoms with E-state index in [1.807, 2.05) is 31.2 Å². The number of ether oxygens (including phenoxy) is 2. The molecule has 3 aromatic rings. The van der Waals surface area contributed by atoms with Gasteiger partial charge in [0.2, 0.25) is 12.0 Å². The summed E-state index contributed by atoms with van der Waals surface area (Å²) in [6.45, 7) is 2.09. The van der Waals surface area contributed by atoms with Crippen molar-refractivity contribution in [2.45, 2.75) is 24.2 Å². The minimum atomic E-state index is -0.499. The van der Waals surface area contributed by atoms with E-state index in [0.29, 0.717) is 23.0 Å². The van der Waals surface area contributed by atoms with Crippen LogP contribution in [-0.2, 0) is 4.79 Å². The predicted octanol–water partition coefficient (Wildman–Crippen LogP) is 3.61. The summed E-state index contributed by atoms with van der Waals surface area (Å²) >= 11 is 1.16. The van der Waals surface area contributed by atoms with E-state index in [2.05, 4.69) is 15.5 Å². The molecule has 0 saturated heterocycles. The summed E-state index contributed by atoms with van der Waals surface area (Å²) in [5, 5.41) is 11.1. The van der Waals surface area contributed by atoms with Crippen molar-refractivity contribution in [3.63, 3.8) is 0 Å². The van der Waals surface area contributed by atoms with Gasteiger partial charge in [-0.3, -0.25) is 9.59 Å². The number of carbonyl (C=O) groups is 2. The number of fused-ring (bicyclic) bond motifs is 2. The zero-order valence-corrected chi connectivity index (χ0v) is 16.8. The molecule has 152 valence electrons. The van der Waals surface area contributed by atoms with Crippen LogP contribution >= 0.6 is 11.8 Å². The van der Waals surface area contributed by atoms with Crippen molar-refractivity contribution in [3.8, 4) is 11.5 Å². The summed E-state index contributed by atoms with van der Waals surface area (Å²) < 4.78 is 17.2. The van der Waals surface area contributed by atoms with Gasteiger partial charge in [-0.05, 0) is 42.8 Å². The molecule has 0 fully saturated rings. The van der Waals surface area contributed by atoms with Crippen molar-refractivity contribution >= 4 is 29.1 Å². The molecule has 0 saturated carbocycles. The van der Waals surface area contributed by atoms with Crippen LogP contribution in [0.2, 0.25) is 0 Å². The number of amides is 1. The number of Topliss-reactive ketones (excluding diaryl/α,β-unsaturated/α-hetero) is 1. The predicted molar refractivity (Wildman–Crippen MR) is 108 cm³/mol. The lowest BCUT2D eigenvalue weighted by molar-refractivity contribution is -0.116. The Bertz CT molecular complexity index is 1150. The zero-order valence-electron chi connectivity index (χ0n) is 16.0. The fourth-order valence-corrected chi connectivity index (χ4v) is 4.02. The summed E-state index contributed by atoms with van der Waals surface area (Å²) in [6.07, 6.45) is -0.499. The summed E-state index contributed by atoms with van der Waals surface area (Å²) in [4.78, 5) is 24.4. The quantitative estimate of drug-likeness (QED) is 0.490. The van der Waals surface area contributed by atoms with Gasteiger partial charge in [-0.15, -0.1) is 10.2 Å². The monoisotopic (exact) mass is 423 g/mol. The number of anilines is 1. The van der Waals surface area contributed by atoms with Crippen LogP contribution in [0.25, 0.3) is 0 Å². The van der Waals surface area contributed by atoms with Gasteiger partial charge >= 0.3 is 0 Å². The standard InChI is InChI=1S/C21H17N3O5S/c1-11-13-8-12(6-7-14(13)22-19(11)26)15(25)10-30-21-24-23-20(29-21)18-9-27-16-4-2-3-5-17(16)28-18/h2-8,11,18H,9-10H2,1H3,(H,22,26)/t11-,18-/m1/s1. The molecule has 9 heteroatoms. The highest BCUT2D eigenvalue weighted by Crippen LogP contribution is 2.36. The highest BCUT2D eigenvalue weighted by molar-refractivity contribution is 7.99. The number of aromatic nitrogens is 2. The second-order valence-corrected chi connectivity index (χ2v) is 7.92. The number of nitrogens with zero attached hydrogens (tertiary/aromatic N) is 2. The Morgan fingerprint density at radius 1 is 1.20 bits per heavy atom. The number of hydrogen-bond donors (Lipinski definition) is 1. The molecule has 2 aliphatic heterocycles. The van der Waals surface area contributed by atoms with E-state index >= 15 is 0 Å². The Hall–Kier alpha value is -3.33. The Morgan fingerprint density at radius 2 is 2.03 bits per heavy atom. The molecular weight excluding hydrogens is 406 g/mol. The Labute approximate surface area is 176 Å². The maximum Gasteiger partial charge on any atom is 0.277 e. The maximum atomic E-state index is 12.6. The van der Waals surface area contributed by atoms with Crippen molar-refractivity contribution in [2.24, 2.45) is 0 Å². The van der Waals surface area contributed by atoms with Gasteiger partial charge in [-0.1, -0.05) is 23.9 Å². The van der Waals surface area contributed by atoms with Crippen LogP contribution in [-0.4, -0.2) is 34.2 Å². The Morgan fingerprint density at radius 3 is 2.90 bits per heavy atom. The SMILES string of the molecule is C[C@H]1C(=O)Nc2ccc(C(=O)CSc3nnc([C@H]4COc5ccccc5O4)o3)cc21. The maximum absolute atomic E-state index is 12.6. The molecule has 30 heavy (non-hydrogen) atoms. The van der Waals surface area contributed by atoms with Gasteiger partial charge in [0, 0.05) is 11.3 Å². The van der Waals surface area contributed by atoms with Crippen molar-refractivity contribution in [2.75, 3.05) is 17.7 Å². The molecule has 0 spiro atoms. The van der Waals surface area contributed by atoms with E-state index in [1.54, 1.807) is 18.2 Å². The third-order valence-electron chi connectivity index (χ3n) is 5.02. The van der Waals surface area contributed by atoms with E-state index in [0.717, 1.165) is 23.0 Å². The lowest BCUT2D eigenvalue weighted by Crippen LogP contribution is -2.21. The molecule has 2 aliphatic rings. The minimum Gasteiger partial charge on any atom is -0.485 e. The number of carbonyl (C=O) groups excluding carboxylic acids is 2. The van der Waals surface area contributed by atoms with Crippen LogP contribution in [0.4, 0.5) is 5.69 Å². The summed E-state index contributed by atoms with van der Waals surface area (Å²) in [5.41, 5.74) is 2.14. The molecule has 0 unspecified atom stereocenters. The van der Waals surface area contributed by atoms with Crippen molar-refractivity contribution in [1.82, 2.24) is 10.2 Å². The normalized spacial score (nSPS) is 19.3. The lowest BCUT2D eigenvalue weighted by Gasteiger charge is -2.23. The van der Waals surface area contributed by atoms with E-state index in [9.17, 15) is 9.59 Å². The first kappa shape index (κ1) is 18.7. The first-order valence-corrected chi connectivity index (χ1v) is 10.4. The smallest absolute Gasteiger partial charge is 0.277 e. The number of para-hydroxylation sites is 2. The lowest BCUT2D eigenvalue weighted by atomic mass is 9.99. The number of rotatable bonds is 5. The second kappa shape index (κ2) is 7.49. The summed E-state index contributed by atoms with van der Waals surface area (Å²) in [7, 11) is 0. The number of ketones is 1. The first-order valence-electron chi connectivity index (χ1n) is 9.41. The van der Waals surface area contributed by atoms with Crippen LogP contribution in [0.15, 0.2) is 52.1 Å². The van der Waals surface area contributed by atoms with Crippen LogP contribution in [0.3, 0.4) is 0 Å². The van der Waals surface area contributed by atoms with E-state index in [4.69, 9.17) is 13.9 Å². The van der Waals surface area contributed by atoms with Gasteiger partial charge in [-0.2, -0.15) is 0 Å². The second-order valence-electron chi connectivity index (χ2n) is 7.00. The van der Waals surface area contributed by atoms with Crippen LogP contribution in [0, 0.1) is 0 Å². The fraction of sp³-hybridized carbons (Fsp3) is 0.238. The van der Waals surface area contributed by atoms with Crippen molar-refractivity contribution < 1.29 is 23.5 Å². The van der Waals surface area contributed by atoms with Crippen LogP contribution in [0.5, 0.6) is 11.5 Å². The third-order valence-corrected chi connectivity index (χ3v) is 5.84. The zero-order chi connectivity index (χ0) is 20.7. The fourth-order valence-electron chi connectivity index (χ4n) is 3.35. The Kier molecular flexibility index (Phi) is 4.66. The molecule has 1 amide bonds. The average Bonchev–Trinajstić information content (AvgIpc) is 3.36. The highest BCUT2D eigenvalue weighted by Gasteiger charge is 2.29. The van der Waals surface area contributed by atoms with Crippen molar-refractivity contribution in [3.05, 3.63) is 59.5 Å². The average molecular weight is 423 g/mol. The summed E-state index contributed by atoms with van der Waals surface area (Å²) in [6, 6.07) is 12.6. The van der Waals surface area contributed by atoms with Crippen LogP contribution < -0.4 is 14.8 Å². The molecule has 1 aromatic heterocycles. The molecule has 5 rings (SSSR count). The van der Waals surface area contributed by atoms with E-state index in [1.165, 1.54) is 0 Å². The minimum absolute atomic E-state index is 0.0566. The first-order chi connectivity index (χ1) is 14.6. The molecule has 3 heterocycles. The largest absolute Gasteiger partial charge is 0.485 e. The molecule has 0 bridgehead atoms. The van der Waals surface area contributed by atoms with Gasteiger partial charge in [0.25, 0.3) is 11.1 Å². The van der Waals surface area contributed by atoms with Gasteiger partial charge in [0.1, 0.15) is 6.61 Å².